The van der Waals surface area contributed by atoms with Crippen LogP contribution in [0.5, 0.6) is 0 Å². The van der Waals surface area contributed by atoms with Crippen LogP contribution in [0.3, 0.4) is 0 Å². The van der Waals surface area contributed by atoms with Crippen molar-refractivity contribution in [2.24, 2.45) is 16.7 Å². The van der Waals surface area contributed by atoms with Crippen LogP contribution in [-0.4, -0.2) is 59.0 Å². The Hall–Kier alpha value is -0.100. The van der Waals surface area contributed by atoms with Gasteiger partial charge in [0.05, 0.1) is 13.2 Å². The molecule has 3 heterocycles. The summed E-state index contributed by atoms with van der Waals surface area (Å²) >= 11 is 0. The quantitative estimate of drug-likeness (QED) is 0.756. The first-order chi connectivity index (χ1) is 12.4. The van der Waals surface area contributed by atoms with E-state index in [1.807, 2.05) is 0 Å². The second kappa shape index (κ2) is 5.71. The third-order valence-corrected chi connectivity index (χ3v) is 14.4. The lowest BCUT2D eigenvalue weighted by atomic mass is 9.60. The molecule has 3 saturated heterocycles. The summed E-state index contributed by atoms with van der Waals surface area (Å²) in [6.07, 6.45) is 10.7. The summed E-state index contributed by atoms with van der Waals surface area (Å²) in [5.74, 6) is 1.93. The number of ether oxygens (including phenoxy) is 2. The van der Waals surface area contributed by atoms with Crippen molar-refractivity contribution >= 4 is 15.8 Å². The SMILES string of the molecule is CC12CCC3C4(CO)CCC5(CC4CCS3(C)C1CCC2=O)OCCO5. The van der Waals surface area contributed by atoms with Crippen molar-refractivity contribution in [2.45, 2.75) is 74.6 Å². The van der Waals surface area contributed by atoms with Gasteiger partial charge in [-0.15, -0.1) is 0 Å². The number of carbonyl (C=O) groups excluding carboxylic acids is 1. The molecule has 0 aromatic rings. The zero-order valence-electron chi connectivity index (χ0n) is 16.3. The van der Waals surface area contributed by atoms with Gasteiger partial charge in [0.2, 0.25) is 0 Å². The van der Waals surface area contributed by atoms with Gasteiger partial charge in [-0.3, -0.25) is 4.79 Å². The molecule has 6 unspecified atom stereocenters. The average Bonchev–Trinajstić information content (AvgIpc) is 3.20. The van der Waals surface area contributed by atoms with Crippen LogP contribution >= 0.6 is 10.0 Å². The van der Waals surface area contributed by atoms with Crippen molar-refractivity contribution in [1.29, 1.82) is 0 Å². The molecule has 0 bridgehead atoms. The minimum absolute atomic E-state index is 0.0376. The first kappa shape index (κ1) is 18.0. The molecule has 148 valence electrons. The Balaban J connectivity index is 1.49. The Morgan fingerprint density at radius 1 is 1.12 bits per heavy atom. The van der Waals surface area contributed by atoms with Crippen LogP contribution in [-0.2, 0) is 14.3 Å². The number of aliphatic hydroxyl groups is 1. The van der Waals surface area contributed by atoms with Crippen LogP contribution in [0, 0.1) is 16.7 Å². The maximum Gasteiger partial charge on any atom is 0.168 e. The van der Waals surface area contributed by atoms with Crippen LogP contribution < -0.4 is 0 Å². The summed E-state index contributed by atoms with van der Waals surface area (Å²) in [5, 5.41) is 11.9. The molecule has 0 aromatic heterocycles. The second-order valence-corrected chi connectivity index (χ2v) is 14.0. The van der Waals surface area contributed by atoms with Crippen LogP contribution in [0.2, 0.25) is 0 Å². The predicted molar refractivity (Wildman–Crippen MR) is 104 cm³/mol. The van der Waals surface area contributed by atoms with Gasteiger partial charge in [-0.25, -0.2) is 10.0 Å². The fourth-order valence-electron chi connectivity index (χ4n) is 7.80. The van der Waals surface area contributed by atoms with E-state index in [1.165, 1.54) is 12.2 Å². The van der Waals surface area contributed by atoms with E-state index in [1.54, 1.807) is 0 Å². The summed E-state index contributed by atoms with van der Waals surface area (Å²) in [6.45, 7) is 4.00. The highest BCUT2D eigenvalue weighted by Gasteiger charge is 2.66. The van der Waals surface area contributed by atoms with Gasteiger partial charge in [-0.1, -0.05) is 6.92 Å². The summed E-state index contributed by atoms with van der Waals surface area (Å²) < 4.78 is 12.1. The maximum atomic E-state index is 12.7. The molecule has 1 spiro atoms. The molecule has 0 amide bonds. The minimum atomic E-state index is -0.890. The van der Waals surface area contributed by atoms with E-state index in [4.69, 9.17) is 9.47 Å². The number of fused-ring (bicyclic) bond motifs is 5. The summed E-state index contributed by atoms with van der Waals surface area (Å²) in [7, 11) is -0.890. The molecule has 3 aliphatic heterocycles. The number of Topliss-reactive ketones (excluding diaryl/α,β-unsaturated/α-hetero) is 1. The normalized spacial score (nSPS) is 55.0. The van der Waals surface area contributed by atoms with Crippen molar-refractivity contribution in [3.8, 4) is 0 Å². The highest BCUT2D eigenvalue weighted by Crippen LogP contribution is 2.76. The molecule has 4 nitrogen and oxygen atoms in total. The van der Waals surface area contributed by atoms with E-state index in [2.05, 4.69) is 13.2 Å². The maximum absolute atomic E-state index is 12.7. The molecule has 26 heavy (non-hydrogen) atoms. The first-order valence-corrected chi connectivity index (χ1v) is 12.9. The second-order valence-electron chi connectivity index (χ2n) is 10.0. The number of hydrogen-bond donors (Lipinski definition) is 1. The monoisotopic (exact) mass is 382 g/mol. The zero-order valence-corrected chi connectivity index (χ0v) is 17.1. The van der Waals surface area contributed by atoms with Gasteiger partial charge >= 0.3 is 0 Å². The first-order valence-electron chi connectivity index (χ1n) is 10.5. The number of ketones is 1. The summed E-state index contributed by atoms with van der Waals surface area (Å²) in [4.78, 5) is 12.7. The lowest BCUT2D eigenvalue weighted by molar-refractivity contribution is -0.213. The standard InChI is InChI=1S/C21H34O4S/c1-19-7-5-18-20(14-22)8-9-21(24-10-11-25-21)13-15(20)6-12-26(18,2)17(19)4-3-16(19)23/h15,17-18,22H,3-14H2,1-2H3. The van der Waals surface area contributed by atoms with E-state index >= 15 is 0 Å². The van der Waals surface area contributed by atoms with E-state index in [9.17, 15) is 9.90 Å². The number of hydrogen-bond acceptors (Lipinski definition) is 4. The van der Waals surface area contributed by atoms with Crippen LogP contribution in [0.1, 0.15) is 58.3 Å². The van der Waals surface area contributed by atoms with E-state index in [0.717, 1.165) is 44.9 Å². The highest BCUT2D eigenvalue weighted by molar-refractivity contribution is 8.34. The lowest BCUT2D eigenvalue weighted by Crippen LogP contribution is -2.61. The summed E-state index contributed by atoms with van der Waals surface area (Å²) in [6, 6.07) is 0. The molecular formula is C21H34O4S. The van der Waals surface area contributed by atoms with Crippen molar-refractivity contribution < 1.29 is 19.4 Å². The van der Waals surface area contributed by atoms with Gasteiger partial charge < -0.3 is 14.6 Å². The van der Waals surface area contributed by atoms with E-state index < -0.39 is 10.0 Å². The van der Waals surface area contributed by atoms with Crippen molar-refractivity contribution in [1.82, 2.24) is 0 Å². The third kappa shape index (κ3) is 2.12. The number of rotatable bonds is 1. The Labute approximate surface area is 158 Å². The topological polar surface area (TPSA) is 55.8 Å². The zero-order chi connectivity index (χ0) is 18.2. The van der Waals surface area contributed by atoms with E-state index in [-0.39, 0.29) is 16.6 Å². The Morgan fingerprint density at radius 2 is 1.88 bits per heavy atom. The smallest absolute Gasteiger partial charge is 0.168 e. The number of aliphatic hydroxyl groups excluding tert-OH is 1. The largest absolute Gasteiger partial charge is 0.396 e. The molecule has 2 saturated carbocycles. The highest BCUT2D eigenvalue weighted by atomic mass is 32.3. The van der Waals surface area contributed by atoms with Crippen LogP contribution in [0.15, 0.2) is 0 Å². The molecule has 5 aliphatic rings. The van der Waals surface area contributed by atoms with Crippen molar-refractivity contribution in [3.05, 3.63) is 0 Å². The molecule has 6 atom stereocenters. The van der Waals surface area contributed by atoms with Gasteiger partial charge in [0, 0.05) is 41.9 Å². The van der Waals surface area contributed by atoms with Crippen LogP contribution in [0.4, 0.5) is 0 Å². The van der Waals surface area contributed by atoms with Crippen molar-refractivity contribution in [3.63, 3.8) is 0 Å². The van der Waals surface area contributed by atoms with Crippen LogP contribution in [0.25, 0.3) is 0 Å². The Bertz CT molecular complexity index is 617. The number of carbonyl (C=O) groups is 1. The minimum Gasteiger partial charge on any atom is -0.396 e. The predicted octanol–water partition coefficient (Wildman–Crippen LogP) is 3.25. The fraction of sp³-hybridized carbons (Fsp3) is 0.952. The Morgan fingerprint density at radius 3 is 2.62 bits per heavy atom. The van der Waals surface area contributed by atoms with Gasteiger partial charge in [0.15, 0.2) is 5.79 Å². The molecule has 5 heteroatoms. The average molecular weight is 383 g/mol. The molecule has 2 aliphatic carbocycles. The molecular weight excluding hydrogens is 348 g/mol. The third-order valence-electron chi connectivity index (χ3n) is 9.20. The molecule has 5 fully saturated rings. The van der Waals surface area contributed by atoms with E-state index in [0.29, 0.717) is 42.0 Å². The molecule has 0 radical (unpaired) electrons. The fourth-order valence-corrected chi connectivity index (χ4v) is 13.8. The van der Waals surface area contributed by atoms with Crippen molar-refractivity contribution in [2.75, 3.05) is 31.8 Å². The van der Waals surface area contributed by atoms with Gasteiger partial charge in [0.25, 0.3) is 0 Å². The van der Waals surface area contributed by atoms with Gasteiger partial charge in [-0.2, -0.15) is 0 Å². The molecule has 1 N–H and O–H groups in total. The Kier molecular flexibility index (Phi) is 3.95. The molecule has 5 rings (SSSR count). The van der Waals surface area contributed by atoms with Gasteiger partial charge in [-0.05, 0) is 55.3 Å². The summed E-state index contributed by atoms with van der Waals surface area (Å²) in [5.41, 5.74) is -0.0342. The lowest BCUT2D eigenvalue weighted by Gasteiger charge is -2.68. The van der Waals surface area contributed by atoms with Gasteiger partial charge in [0.1, 0.15) is 5.78 Å². The molecule has 0 aromatic carbocycles.